The first-order chi connectivity index (χ1) is 11.0. The van der Waals surface area contributed by atoms with Gasteiger partial charge in [-0.2, -0.15) is 0 Å². The number of hydrogen-bond donors (Lipinski definition) is 0. The quantitative estimate of drug-likeness (QED) is 0.582. The van der Waals surface area contributed by atoms with Gasteiger partial charge in [-0.05, 0) is 74.1 Å². The molecule has 0 saturated carbocycles. The van der Waals surface area contributed by atoms with Crippen molar-refractivity contribution >= 4 is 10.9 Å². The molecule has 23 heavy (non-hydrogen) atoms. The average molecular weight is 303 g/mol. The van der Waals surface area contributed by atoms with E-state index in [1.54, 1.807) is 0 Å². The monoisotopic (exact) mass is 303 g/mol. The highest BCUT2D eigenvalue weighted by molar-refractivity contribution is 5.86. The third kappa shape index (κ3) is 2.88. The van der Waals surface area contributed by atoms with Crippen molar-refractivity contribution < 1.29 is 0 Å². The number of rotatable bonds is 3. The topological polar surface area (TPSA) is 12.9 Å². The van der Waals surface area contributed by atoms with E-state index >= 15 is 0 Å². The first-order valence-electron chi connectivity index (χ1n) is 8.54. The van der Waals surface area contributed by atoms with Gasteiger partial charge in [-0.1, -0.05) is 37.6 Å². The van der Waals surface area contributed by atoms with Gasteiger partial charge in [0, 0.05) is 10.9 Å². The average Bonchev–Trinajstić information content (AvgIpc) is 2.56. The second-order valence-electron chi connectivity index (χ2n) is 6.48. The molecule has 0 amide bonds. The number of pyridine rings is 1. The van der Waals surface area contributed by atoms with E-state index in [4.69, 9.17) is 4.98 Å². The summed E-state index contributed by atoms with van der Waals surface area (Å²) in [5.74, 6) is 0. The molecule has 1 nitrogen and oxygen atoms in total. The molecule has 1 heterocycles. The van der Waals surface area contributed by atoms with E-state index in [0.717, 1.165) is 24.1 Å². The van der Waals surface area contributed by atoms with Gasteiger partial charge in [0.1, 0.15) is 0 Å². The molecular weight excluding hydrogens is 278 g/mol. The summed E-state index contributed by atoms with van der Waals surface area (Å²) in [4.78, 5) is 5.01. The molecule has 1 aromatic heterocycles. The minimum Gasteiger partial charge on any atom is -0.248 e. The van der Waals surface area contributed by atoms with Crippen molar-refractivity contribution in [1.82, 2.24) is 4.98 Å². The lowest BCUT2D eigenvalue weighted by molar-refractivity contribution is 1.10. The fourth-order valence-electron chi connectivity index (χ4n) is 3.33. The third-order valence-electron chi connectivity index (χ3n) is 4.83. The zero-order valence-electron chi connectivity index (χ0n) is 14.8. The molecule has 0 bridgehead atoms. The Morgan fingerprint density at radius 1 is 0.870 bits per heavy atom. The summed E-state index contributed by atoms with van der Waals surface area (Å²) >= 11 is 0. The highest BCUT2D eigenvalue weighted by atomic mass is 14.7. The Bertz CT molecular complexity index is 875. The van der Waals surface area contributed by atoms with Crippen molar-refractivity contribution in [3.05, 3.63) is 64.2 Å². The zero-order chi connectivity index (χ0) is 16.6. The summed E-state index contributed by atoms with van der Waals surface area (Å²) in [7, 11) is 0. The van der Waals surface area contributed by atoms with Crippen LogP contribution >= 0.6 is 0 Å². The first-order valence-corrected chi connectivity index (χ1v) is 8.54. The van der Waals surface area contributed by atoms with Crippen LogP contribution in [0.5, 0.6) is 0 Å². The Balaban J connectivity index is 2.25. The summed E-state index contributed by atoms with van der Waals surface area (Å²) < 4.78 is 0. The van der Waals surface area contributed by atoms with Crippen molar-refractivity contribution in [2.75, 3.05) is 0 Å². The van der Waals surface area contributed by atoms with Crippen molar-refractivity contribution in [2.24, 2.45) is 0 Å². The van der Waals surface area contributed by atoms with Crippen LogP contribution in [0.15, 0.2) is 36.4 Å². The molecule has 0 spiro atoms. The minimum absolute atomic E-state index is 1.05. The van der Waals surface area contributed by atoms with Crippen LogP contribution in [0.4, 0.5) is 0 Å². The predicted octanol–water partition coefficient (Wildman–Crippen LogP) is 5.95. The third-order valence-corrected chi connectivity index (χ3v) is 4.83. The molecule has 0 fully saturated rings. The maximum Gasteiger partial charge on any atom is 0.0715 e. The standard InChI is InChI=1S/C22H25N/c1-6-17-12-18(7-2)19-8-9-21(23-22(19)13-17)20-11-14(3)10-15(4)16(20)5/h8-13H,6-7H2,1-5H3. The van der Waals surface area contributed by atoms with E-state index in [0.29, 0.717) is 0 Å². The van der Waals surface area contributed by atoms with Crippen LogP contribution < -0.4 is 0 Å². The van der Waals surface area contributed by atoms with Crippen molar-refractivity contribution in [1.29, 1.82) is 0 Å². The van der Waals surface area contributed by atoms with Crippen molar-refractivity contribution in [2.45, 2.75) is 47.5 Å². The van der Waals surface area contributed by atoms with E-state index in [9.17, 15) is 0 Å². The fourth-order valence-corrected chi connectivity index (χ4v) is 3.33. The molecule has 0 unspecified atom stereocenters. The second-order valence-corrected chi connectivity index (χ2v) is 6.48. The van der Waals surface area contributed by atoms with Crippen molar-refractivity contribution in [3.8, 4) is 11.3 Å². The van der Waals surface area contributed by atoms with Gasteiger partial charge in [0.2, 0.25) is 0 Å². The molecule has 0 N–H and O–H groups in total. The lowest BCUT2D eigenvalue weighted by Crippen LogP contribution is -1.95. The van der Waals surface area contributed by atoms with Gasteiger partial charge in [-0.25, -0.2) is 4.98 Å². The summed E-state index contributed by atoms with van der Waals surface area (Å²) in [6.45, 7) is 10.9. The van der Waals surface area contributed by atoms with Crippen LogP contribution in [0.1, 0.15) is 41.7 Å². The molecule has 1 heteroatoms. The maximum atomic E-state index is 5.01. The van der Waals surface area contributed by atoms with Crippen LogP contribution in [0.3, 0.4) is 0 Å². The van der Waals surface area contributed by atoms with Crippen LogP contribution in [-0.2, 0) is 12.8 Å². The summed E-state index contributed by atoms with van der Waals surface area (Å²) in [5, 5.41) is 1.29. The smallest absolute Gasteiger partial charge is 0.0715 e. The molecule has 3 rings (SSSR count). The molecule has 0 saturated heterocycles. The number of nitrogens with zero attached hydrogens (tertiary/aromatic N) is 1. The molecule has 118 valence electrons. The normalized spacial score (nSPS) is 11.2. The van der Waals surface area contributed by atoms with Crippen molar-refractivity contribution in [3.63, 3.8) is 0 Å². The molecule has 0 aliphatic heterocycles. The highest BCUT2D eigenvalue weighted by Crippen LogP contribution is 2.29. The Morgan fingerprint density at radius 3 is 2.35 bits per heavy atom. The van der Waals surface area contributed by atoms with Gasteiger partial charge < -0.3 is 0 Å². The van der Waals surface area contributed by atoms with E-state index in [1.165, 1.54) is 38.8 Å². The number of benzene rings is 2. The zero-order valence-corrected chi connectivity index (χ0v) is 14.8. The Morgan fingerprint density at radius 2 is 1.65 bits per heavy atom. The van der Waals surface area contributed by atoms with Gasteiger partial charge in [0.15, 0.2) is 0 Å². The highest BCUT2D eigenvalue weighted by Gasteiger charge is 2.10. The van der Waals surface area contributed by atoms with Crippen LogP contribution in [0, 0.1) is 20.8 Å². The molecule has 0 aliphatic rings. The van der Waals surface area contributed by atoms with Crippen LogP contribution in [0.25, 0.3) is 22.2 Å². The Kier molecular flexibility index (Phi) is 4.21. The van der Waals surface area contributed by atoms with Gasteiger partial charge >= 0.3 is 0 Å². The number of aryl methyl sites for hydroxylation is 4. The van der Waals surface area contributed by atoms with Gasteiger partial charge in [-0.3, -0.25) is 0 Å². The lowest BCUT2D eigenvalue weighted by Gasteiger charge is -2.13. The maximum absolute atomic E-state index is 5.01. The lowest BCUT2D eigenvalue weighted by atomic mass is 9.96. The first kappa shape index (κ1) is 15.7. The number of aromatic nitrogens is 1. The van der Waals surface area contributed by atoms with E-state index in [1.807, 2.05) is 0 Å². The Labute approximate surface area is 139 Å². The SMILES string of the molecule is CCc1cc(CC)c2ccc(-c3cc(C)cc(C)c3C)nc2c1. The van der Waals surface area contributed by atoms with Gasteiger partial charge in [-0.15, -0.1) is 0 Å². The molecule has 0 radical (unpaired) electrons. The molecule has 0 atom stereocenters. The van der Waals surface area contributed by atoms with E-state index < -0.39 is 0 Å². The molecule has 3 aromatic rings. The molecular formula is C22H25N. The number of hydrogen-bond acceptors (Lipinski definition) is 1. The van der Waals surface area contributed by atoms with Gasteiger partial charge in [0.25, 0.3) is 0 Å². The summed E-state index contributed by atoms with van der Waals surface area (Å²) in [6, 6.07) is 13.5. The number of fused-ring (bicyclic) bond motifs is 1. The van der Waals surface area contributed by atoms with Gasteiger partial charge in [0.05, 0.1) is 11.2 Å². The summed E-state index contributed by atoms with van der Waals surface area (Å²) in [6.07, 6.45) is 2.10. The summed E-state index contributed by atoms with van der Waals surface area (Å²) in [5.41, 5.74) is 10.2. The molecule has 2 aromatic carbocycles. The largest absolute Gasteiger partial charge is 0.248 e. The van der Waals surface area contributed by atoms with E-state index in [2.05, 4.69) is 71.0 Å². The molecule has 0 aliphatic carbocycles. The predicted molar refractivity (Wildman–Crippen MR) is 100 cm³/mol. The second kappa shape index (κ2) is 6.16. The minimum atomic E-state index is 1.05. The van der Waals surface area contributed by atoms with E-state index in [-0.39, 0.29) is 0 Å². The van der Waals surface area contributed by atoms with Crippen LogP contribution in [0.2, 0.25) is 0 Å². The fraction of sp³-hybridized carbons (Fsp3) is 0.318. The Hall–Kier alpha value is -2.15. The van der Waals surface area contributed by atoms with Crippen LogP contribution in [-0.4, -0.2) is 4.98 Å².